The van der Waals surface area contributed by atoms with Crippen LogP contribution in [0.4, 0.5) is 5.69 Å². The molecule has 0 unspecified atom stereocenters. The molecule has 0 aromatic heterocycles. The molecule has 0 aliphatic rings. The Kier molecular flexibility index (Phi) is 6.42. The second-order valence-electron chi connectivity index (χ2n) is 1.96. The first-order valence-corrected chi connectivity index (χ1v) is 3.32. The van der Waals surface area contributed by atoms with E-state index < -0.39 is 0 Å². The van der Waals surface area contributed by atoms with Crippen molar-refractivity contribution in [2.75, 3.05) is 19.4 Å². The SMILES string of the molecule is CON(OC)c1ccccc1.[NaH]. The van der Waals surface area contributed by atoms with E-state index in [1.165, 1.54) is 5.23 Å². The van der Waals surface area contributed by atoms with Gasteiger partial charge in [0.2, 0.25) is 0 Å². The van der Waals surface area contributed by atoms with Crippen molar-refractivity contribution < 1.29 is 9.68 Å². The van der Waals surface area contributed by atoms with Crippen LogP contribution in [0.1, 0.15) is 0 Å². The predicted octanol–water partition coefficient (Wildman–Crippen LogP) is 0.967. The molecule has 0 radical (unpaired) electrons. The summed E-state index contributed by atoms with van der Waals surface area (Å²) in [5.41, 5.74) is 0.873. The van der Waals surface area contributed by atoms with Gasteiger partial charge >= 0.3 is 29.6 Å². The third-order valence-corrected chi connectivity index (χ3v) is 1.30. The summed E-state index contributed by atoms with van der Waals surface area (Å²) in [6, 6.07) is 9.56. The molecule has 1 aromatic rings. The van der Waals surface area contributed by atoms with Crippen molar-refractivity contribution in [1.82, 2.24) is 0 Å². The molecule has 0 aliphatic heterocycles. The molecule has 1 aromatic carbocycles. The summed E-state index contributed by atoms with van der Waals surface area (Å²) in [6.45, 7) is 0. The summed E-state index contributed by atoms with van der Waals surface area (Å²) in [5.74, 6) is 0. The predicted molar refractivity (Wildman–Crippen MR) is 50.1 cm³/mol. The van der Waals surface area contributed by atoms with E-state index in [9.17, 15) is 0 Å². The van der Waals surface area contributed by atoms with Gasteiger partial charge < -0.3 is 0 Å². The third-order valence-electron chi connectivity index (χ3n) is 1.30. The summed E-state index contributed by atoms with van der Waals surface area (Å²) >= 11 is 0. The zero-order chi connectivity index (χ0) is 8.10. The normalized spacial score (nSPS) is 8.83. The molecule has 4 heteroatoms. The van der Waals surface area contributed by atoms with E-state index in [-0.39, 0.29) is 29.6 Å². The van der Waals surface area contributed by atoms with Crippen LogP contribution in [0, 0.1) is 0 Å². The fraction of sp³-hybridized carbons (Fsp3) is 0.250. The molecule has 3 nitrogen and oxygen atoms in total. The first-order chi connectivity index (χ1) is 5.38. The molecular weight excluding hydrogens is 165 g/mol. The minimum absolute atomic E-state index is 0. The maximum absolute atomic E-state index is 4.90. The molecule has 0 aliphatic carbocycles. The standard InChI is InChI=1S/C8H11NO2.Na.H/c1-10-9(11-2)8-6-4-3-5-7-8;;/h3-7H,1-2H3;;. The summed E-state index contributed by atoms with van der Waals surface area (Å²) in [6.07, 6.45) is 0. The van der Waals surface area contributed by atoms with Crippen LogP contribution in [0.5, 0.6) is 0 Å². The van der Waals surface area contributed by atoms with Gasteiger partial charge in [-0.05, 0) is 12.1 Å². The van der Waals surface area contributed by atoms with E-state index in [0.29, 0.717) is 0 Å². The molecule has 0 amide bonds. The average Bonchev–Trinajstić information content (AvgIpc) is 2.09. The molecule has 12 heavy (non-hydrogen) atoms. The van der Waals surface area contributed by atoms with Crippen molar-refractivity contribution in [3.63, 3.8) is 0 Å². The second-order valence-corrected chi connectivity index (χ2v) is 1.96. The van der Waals surface area contributed by atoms with Gasteiger partial charge in [-0.25, -0.2) is 0 Å². The van der Waals surface area contributed by atoms with E-state index >= 15 is 0 Å². The van der Waals surface area contributed by atoms with Crippen LogP contribution in [0.3, 0.4) is 0 Å². The van der Waals surface area contributed by atoms with Crippen molar-refractivity contribution in [2.24, 2.45) is 0 Å². The van der Waals surface area contributed by atoms with Crippen LogP contribution in [-0.4, -0.2) is 43.8 Å². The Labute approximate surface area is 94.5 Å². The number of nitrogens with zero attached hydrogens (tertiary/aromatic N) is 1. The van der Waals surface area contributed by atoms with Crippen molar-refractivity contribution >= 4 is 35.2 Å². The van der Waals surface area contributed by atoms with Gasteiger partial charge in [0.15, 0.2) is 0 Å². The Hall–Kier alpha value is -0.0600. The van der Waals surface area contributed by atoms with Crippen LogP contribution in [0.2, 0.25) is 0 Å². The molecule has 0 heterocycles. The van der Waals surface area contributed by atoms with Crippen LogP contribution >= 0.6 is 0 Å². The van der Waals surface area contributed by atoms with Gasteiger partial charge in [-0.2, -0.15) is 0 Å². The molecule has 0 N–H and O–H groups in total. The molecule has 0 fully saturated rings. The monoisotopic (exact) mass is 177 g/mol. The fourth-order valence-electron chi connectivity index (χ4n) is 0.835. The number of hydrogen-bond acceptors (Lipinski definition) is 3. The van der Waals surface area contributed by atoms with Crippen molar-refractivity contribution in [1.29, 1.82) is 0 Å². The van der Waals surface area contributed by atoms with Crippen LogP contribution < -0.4 is 5.23 Å². The van der Waals surface area contributed by atoms with E-state index in [1.54, 1.807) is 14.2 Å². The van der Waals surface area contributed by atoms with Gasteiger partial charge in [-0.3, -0.25) is 9.68 Å². The number of hydrogen-bond donors (Lipinski definition) is 0. The second kappa shape index (κ2) is 6.46. The Morgan fingerprint density at radius 1 is 1.00 bits per heavy atom. The molecule has 0 atom stereocenters. The number of anilines is 1. The zero-order valence-electron chi connectivity index (χ0n) is 6.65. The molecule has 1 rings (SSSR count). The molecule has 0 bridgehead atoms. The molecule has 0 saturated heterocycles. The average molecular weight is 177 g/mol. The van der Waals surface area contributed by atoms with Gasteiger partial charge in [0.25, 0.3) is 0 Å². The first kappa shape index (κ1) is 11.9. The van der Waals surface area contributed by atoms with Gasteiger partial charge in [-0.1, -0.05) is 18.2 Å². The molecule has 0 spiro atoms. The van der Waals surface area contributed by atoms with Gasteiger partial charge in [0.1, 0.15) is 0 Å². The third kappa shape index (κ3) is 3.13. The van der Waals surface area contributed by atoms with Gasteiger partial charge in [-0.15, -0.1) is 5.23 Å². The van der Waals surface area contributed by atoms with Crippen LogP contribution in [-0.2, 0) is 9.68 Å². The summed E-state index contributed by atoms with van der Waals surface area (Å²) in [4.78, 5) is 9.79. The van der Waals surface area contributed by atoms with E-state index in [0.717, 1.165) is 5.69 Å². The van der Waals surface area contributed by atoms with E-state index in [1.807, 2.05) is 30.3 Å². The van der Waals surface area contributed by atoms with Gasteiger partial charge in [0, 0.05) is 0 Å². The summed E-state index contributed by atoms with van der Waals surface area (Å²) in [5, 5.41) is 1.33. The van der Waals surface area contributed by atoms with E-state index in [2.05, 4.69) is 0 Å². The van der Waals surface area contributed by atoms with E-state index in [4.69, 9.17) is 9.68 Å². The quantitative estimate of drug-likeness (QED) is 0.507. The van der Waals surface area contributed by atoms with Gasteiger partial charge in [0.05, 0.1) is 19.9 Å². The minimum atomic E-state index is 0. The fourth-order valence-corrected chi connectivity index (χ4v) is 0.835. The van der Waals surface area contributed by atoms with Crippen molar-refractivity contribution in [3.05, 3.63) is 30.3 Å². The maximum atomic E-state index is 4.90. The number of benzene rings is 1. The number of para-hydroxylation sites is 1. The zero-order valence-corrected chi connectivity index (χ0v) is 6.65. The molecule has 0 saturated carbocycles. The topological polar surface area (TPSA) is 21.7 Å². The molecular formula is C8H12NNaO2. The van der Waals surface area contributed by atoms with Crippen LogP contribution in [0.15, 0.2) is 30.3 Å². The van der Waals surface area contributed by atoms with Crippen LogP contribution in [0.25, 0.3) is 0 Å². The summed E-state index contributed by atoms with van der Waals surface area (Å²) in [7, 11) is 3.10. The molecule has 62 valence electrons. The van der Waals surface area contributed by atoms with Crippen molar-refractivity contribution in [3.8, 4) is 0 Å². The Morgan fingerprint density at radius 2 is 1.50 bits per heavy atom. The summed E-state index contributed by atoms with van der Waals surface area (Å²) < 4.78 is 0. The first-order valence-electron chi connectivity index (χ1n) is 3.32. The number of rotatable bonds is 3. The Bertz CT molecular complexity index is 201. The van der Waals surface area contributed by atoms with Crippen molar-refractivity contribution in [2.45, 2.75) is 0 Å². The Morgan fingerprint density at radius 3 is 1.92 bits per heavy atom. The Balaban J connectivity index is 0.00000121.